The second kappa shape index (κ2) is 11.2. The van der Waals surface area contributed by atoms with Crippen molar-refractivity contribution in [2.75, 3.05) is 13.7 Å². The number of nitrogens with one attached hydrogen (secondary N) is 2. The molecule has 0 unspecified atom stereocenters. The predicted octanol–water partition coefficient (Wildman–Crippen LogP) is 4.03. The minimum Gasteiger partial charge on any atom is -0.497 e. The van der Waals surface area contributed by atoms with Gasteiger partial charge in [-0.1, -0.05) is 23.7 Å². The van der Waals surface area contributed by atoms with Gasteiger partial charge in [-0.3, -0.25) is 4.68 Å². The number of hydrogen-bond acceptors (Lipinski definition) is 6. The molecule has 0 bridgehead atoms. The van der Waals surface area contributed by atoms with Crippen molar-refractivity contribution in [1.82, 2.24) is 23.8 Å². The summed E-state index contributed by atoms with van der Waals surface area (Å²) in [6.07, 6.45) is 1.99. The lowest BCUT2D eigenvalue weighted by atomic mass is 10.1. The van der Waals surface area contributed by atoms with Gasteiger partial charge in [0.2, 0.25) is 0 Å². The quantitative estimate of drug-likeness (QED) is 0.291. The van der Waals surface area contributed by atoms with E-state index in [0.717, 1.165) is 28.0 Å². The SMILES string of the molecule is COc1ccc(CNS(=O)(=O)NC(=O)OCCCc2c(C)nn(C)c2-n2ccc3cc(Cl)ccc32)cc1. The highest BCUT2D eigenvalue weighted by molar-refractivity contribution is 7.88. The zero-order chi connectivity index (χ0) is 26.6. The average Bonchev–Trinajstić information content (AvgIpc) is 3.39. The number of halogens is 1. The maximum Gasteiger partial charge on any atom is 0.421 e. The van der Waals surface area contributed by atoms with E-state index in [0.29, 0.717) is 29.2 Å². The van der Waals surface area contributed by atoms with E-state index < -0.39 is 16.3 Å². The van der Waals surface area contributed by atoms with Gasteiger partial charge in [-0.15, -0.1) is 0 Å². The largest absolute Gasteiger partial charge is 0.497 e. The third-order valence-corrected chi connectivity index (χ3v) is 7.04. The Hall–Kier alpha value is -3.54. The molecular weight excluding hydrogens is 518 g/mol. The highest BCUT2D eigenvalue weighted by Crippen LogP contribution is 2.27. The summed E-state index contributed by atoms with van der Waals surface area (Å²) in [7, 11) is -0.657. The van der Waals surface area contributed by atoms with Crippen molar-refractivity contribution >= 4 is 38.8 Å². The zero-order valence-electron chi connectivity index (χ0n) is 20.7. The molecule has 0 aliphatic carbocycles. The lowest BCUT2D eigenvalue weighted by Crippen LogP contribution is -2.40. The molecule has 12 heteroatoms. The highest BCUT2D eigenvalue weighted by atomic mass is 35.5. The number of benzene rings is 2. The first-order valence-electron chi connectivity index (χ1n) is 11.5. The Labute approximate surface area is 220 Å². The van der Waals surface area contributed by atoms with E-state index in [-0.39, 0.29) is 13.2 Å². The molecule has 0 radical (unpaired) electrons. The van der Waals surface area contributed by atoms with Crippen molar-refractivity contribution < 1.29 is 22.7 Å². The Bertz CT molecular complexity index is 1510. The molecule has 2 aromatic heterocycles. The summed E-state index contributed by atoms with van der Waals surface area (Å²) >= 11 is 6.13. The average molecular weight is 546 g/mol. The van der Waals surface area contributed by atoms with E-state index in [4.69, 9.17) is 21.1 Å². The summed E-state index contributed by atoms with van der Waals surface area (Å²) in [6.45, 7) is 1.97. The maximum atomic E-state index is 12.2. The molecular formula is C25H28ClN5O5S. The molecule has 0 fully saturated rings. The smallest absolute Gasteiger partial charge is 0.421 e. The summed E-state index contributed by atoms with van der Waals surface area (Å²) in [5.41, 5.74) is 3.58. The van der Waals surface area contributed by atoms with Crippen LogP contribution in [-0.2, 0) is 35.0 Å². The second-order valence-corrected chi connectivity index (χ2v) is 10.4. The molecule has 0 spiro atoms. The van der Waals surface area contributed by atoms with Gasteiger partial charge in [-0.05, 0) is 61.7 Å². The number of rotatable bonds is 10. The molecule has 0 saturated heterocycles. The van der Waals surface area contributed by atoms with Crippen LogP contribution in [0.25, 0.3) is 16.7 Å². The van der Waals surface area contributed by atoms with Crippen LogP contribution in [0.4, 0.5) is 4.79 Å². The molecule has 0 saturated carbocycles. The van der Waals surface area contributed by atoms with Crippen LogP contribution in [0.2, 0.25) is 5.02 Å². The number of ether oxygens (including phenoxy) is 2. The number of fused-ring (bicyclic) bond motifs is 1. The minimum absolute atomic E-state index is 0.00987. The fourth-order valence-electron chi connectivity index (χ4n) is 4.09. The van der Waals surface area contributed by atoms with E-state index in [2.05, 4.69) is 14.4 Å². The molecule has 2 N–H and O–H groups in total. The fourth-order valence-corrected chi connectivity index (χ4v) is 4.98. The zero-order valence-corrected chi connectivity index (χ0v) is 22.3. The van der Waals surface area contributed by atoms with Crippen LogP contribution in [-0.4, -0.2) is 42.6 Å². The van der Waals surface area contributed by atoms with Crippen LogP contribution in [0.5, 0.6) is 5.75 Å². The van der Waals surface area contributed by atoms with Crippen LogP contribution in [0, 0.1) is 6.92 Å². The number of carbonyl (C=O) groups is 1. The predicted molar refractivity (Wildman–Crippen MR) is 141 cm³/mol. The topological polar surface area (TPSA) is 116 Å². The van der Waals surface area contributed by atoms with Crippen molar-refractivity contribution in [3.63, 3.8) is 0 Å². The summed E-state index contributed by atoms with van der Waals surface area (Å²) in [4.78, 5) is 12.1. The number of hydrogen-bond donors (Lipinski definition) is 2. The maximum absolute atomic E-state index is 12.2. The van der Waals surface area contributed by atoms with E-state index in [1.165, 1.54) is 0 Å². The minimum atomic E-state index is -4.08. The number of carbonyl (C=O) groups excluding carboxylic acids is 1. The van der Waals surface area contributed by atoms with Gasteiger partial charge < -0.3 is 14.0 Å². The van der Waals surface area contributed by atoms with Gasteiger partial charge in [0.05, 0.1) is 24.9 Å². The molecule has 37 heavy (non-hydrogen) atoms. The number of aryl methyl sites for hydroxylation is 2. The first-order valence-corrected chi connectivity index (χ1v) is 13.4. The number of methoxy groups -OCH3 is 1. The van der Waals surface area contributed by atoms with E-state index >= 15 is 0 Å². The number of nitrogens with zero attached hydrogens (tertiary/aromatic N) is 3. The normalized spacial score (nSPS) is 11.6. The molecule has 10 nitrogen and oxygen atoms in total. The van der Waals surface area contributed by atoms with Crippen molar-refractivity contribution in [2.45, 2.75) is 26.3 Å². The standard InChI is InChI=1S/C25H28ClN5O5S/c1-17-22(24(30(2)28-17)31-13-12-19-15-20(26)8-11-23(19)31)5-4-14-36-25(32)29-37(33,34)27-16-18-6-9-21(35-3)10-7-18/h6-13,15,27H,4-5,14,16H2,1-3H3,(H,29,32). The van der Waals surface area contributed by atoms with Crippen LogP contribution in [0.1, 0.15) is 23.2 Å². The Kier molecular flexibility index (Phi) is 8.06. The molecule has 0 atom stereocenters. The molecule has 2 aromatic carbocycles. The van der Waals surface area contributed by atoms with E-state index in [9.17, 15) is 13.2 Å². The third-order valence-electron chi connectivity index (χ3n) is 5.84. The molecule has 196 valence electrons. The molecule has 4 aromatic rings. The third kappa shape index (κ3) is 6.43. The lowest BCUT2D eigenvalue weighted by molar-refractivity contribution is 0.151. The van der Waals surface area contributed by atoms with Crippen LogP contribution in [0.3, 0.4) is 0 Å². The van der Waals surface area contributed by atoms with Crippen LogP contribution < -0.4 is 14.2 Å². The number of aromatic nitrogens is 3. The fraction of sp³-hybridized carbons (Fsp3) is 0.280. The Morgan fingerprint density at radius 2 is 1.89 bits per heavy atom. The summed E-state index contributed by atoms with van der Waals surface area (Å²) < 4.78 is 42.6. The van der Waals surface area contributed by atoms with E-state index in [1.807, 2.05) is 53.8 Å². The monoisotopic (exact) mass is 545 g/mol. The van der Waals surface area contributed by atoms with Gasteiger partial charge in [0, 0.05) is 35.8 Å². The summed E-state index contributed by atoms with van der Waals surface area (Å²) in [5.74, 6) is 1.57. The van der Waals surface area contributed by atoms with Crippen LogP contribution in [0.15, 0.2) is 54.7 Å². The van der Waals surface area contributed by atoms with Gasteiger partial charge in [0.1, 0.15) is 11.6 Å². The summed E-state index contributed by atoms with van der Waals surface area (Å²) in [6, 6.07) is 14.6. The second-order valence-electron chi connectivity index (χ2n) is 8.41. The Morgan fingerprint density at radius 1 is 1.14 bits per heavy atom. The molecule has 1 amide bonds. The number of amides is 1. The molecule has 2 heterocycles. The van der Waals surface area contributed by atoms with Crippen molar-refractivity contribution in [3.8, 4) is 11.6 Å². The van der Waals surface area contributed by atoms with E-state index in [1.54, 1.807) is 31.4 Å². The first-order chi connectivity index (χ1) is 17.7. The Morgan fingerprint density at radius 3 is 2.62 bits per heavy atom. The molecule has 4 rings (SSSR count). The van der Waals surface area contributed by atoms with Crippen molar-refractivity contribution in [3.05, 3.63) is 76.6 Å². The summed E-state index contributed by atoms with van der Waals surface area (Å²) in [5, 5.41) is 6.24. The molecule has 0 aliphatic rings. The molecule has 0 aliphatic heterocycles. The van der Waals surface area contributed by atoms with Crippen LogP contribution >= 0.6 is 11.6 Å². The highest BCUT2D eigenvalue weighted by Gasteiger charge is 2.18. The lowest BCUT2D eigenvalue weighted by Gasteiger charge is -2.11. The van der Waals surface area contributed by atoms with Gasteiger partial charge in [-0.2, -0.15) is 18.2 Å². The van der Waals surface area contributed by atoms with Gasteiger partial charge in [0.25, 0.3) is 0 Å². The van der Waals surface area contributed by atoms with Gasteiger partial charge in [0.15, 0.2) is 0 Å². The van der Waals surface area contributed by atoms with Gasteiger partial charge >= 0.3 is 16.3 Å². The van der Waals surface area contributed by atoms with Crippen molar-refractivity contribution in [2.24, 2.45) is 7.05 Å². The first kappa shape index (κ1) is 26.5. The van der Waals surface area contributed by atoms with Crippen molar-refractivity contribution in [1.29, 1.82) is 0 Å². The Balaban J connectivity index is 1.31. The van der Waals surface area contributed by atoms with Gasteiger partial charge in [-0.25, -0.2) is 9.52 Å².